The van der Waals surface area contributed by atoms with Crippen LogP contribution in [0.3, 0.4) is 0 Å². The minimum absolute atomic E-state index is 0.0279. The van der Waals surface area contributed by atoms with E-state index in [-0.39, 0.29) is 5.41 Å². The molecule has 0 saturated carbocycles. The van der Waals surface area contributed by atoms with E-state index in [1.165, 1.54) is 0 Å². The molecule has 0 atom stereocenters. The lowest BCUT2D eigenvalue weighted by Crippen LogP contribution is -2.10. The SMILES string of the molecule is Cc1nc(Br)c(C(C)(C)C)o1. The molecule has 1 heterocycles. The van der Waals surface area contributed by atoms with Crippen molar-refractivity contribution in [1.82, 2.24) is 4.98 Å². The number of oxazole rings is 1. The number of hydrogen-bond acceptors (Lipinski definition) is 2. The van der Waals surface area contributed by atoms with Gasteiger partial charge in [-0.3, -0.25) is 0 Å². The molecule has 0 amide bonds. The maximum absolute atomic E-state index is 5.42. The fourth-order valence-electron chi connectivity index (χ4n) is 0.864. The van der Waals surface area contributed by atoms with Crippen LogP contribution in [0.15, 0.2) is 9.02 Å². The van der Waals surface area contributed by atoms with E-state index in [4.69, 9.17) is 4.42 Å². The van der Waals surface area contributed by atoms with E-state index < -0.39 is 0 Å². The van der Waals surface area contributed by atoms with Gasteiger partial charge in [0.15, 0.2) is 5.89 Å². The molecule has 11 heavy (non-hydrogen) atoms. The van der Waals surface area contributed by atoms with Gasteiger partial charge in [-0.2, -0.15) is 0 Å². The van der Waals surface area contributed by atoms with Gasteiger partial charge >= 0.3 is 0 Å². The van der Waals surface area contributed by atoms with Gasteiger partial charge < -0.3 is 4.42 Å². The zero-order valence-electron chi connectivity index (χ0n) is 7.23. The Hall–Kier alpha value is -0.310. The van der Waals surface area contributed by atoms with E-state index in [0.717, 1.165) is 10.4 Å². The molecule has 0 aliphatic rings. The van der Waals surface area contributed by atoms with Crippen LogP contribution < -0.4 is 0 Å². The number of hydrogen-bond donors (Lipinski definition) is 0. The number of halogens is 1. The number of rotatable bonds is 0. The van der Waals surface area contributed by atoms with Gasteiger partial charge in [0.2, 0.25) is 0 Å². The first kappa shape index (κ1) is 8.78. The molecule has 0 aliphatic heterocycles. The maximum atomic E-state index is 5.42. The maximum Gasteiger partial charge on any atom is 0.192 e. The Bertz CT molecular complexity index is 260. The van der Waals surface area contributed by atoms with Crippen molar-refractivity contribution in [3.05, 3.63) is 16.3 Å². The first-order valence-corrected chi connectivity index (χ1v) is 4.34. The van der Waals surface area contributed by atoms with E-state index in [1.54, 1.807) is 0 Å². The fraction of sp³-hybridized carbons (Fsp3) is 0.625. The second kappa shape index (κ2) is 2.63. The first-order valence-electron chi connectivity index (χ1n) is 3.54. The molecule has 3 heteroatoms. The molecule has 0 saturated heterocycles. The van der Waals surface area contributed by atoms with Gasteiger partial charge in [-0.15, -0.1) is 0 Å². The van der Waals surface area contributed by atoms with Crippen LogP contribution in [0.1, 0.15) is 32.4 Å². The summed E-state index contributed by atoms with van der Waals surface area (Å²) in [5, 5.41) is 0. The Balaban J connectivity index is 3.13. The lowest BCUT2D eigenvalue weighted by atomic mass is 9.94. The molecule has 2 nitrogen and oxygen atoms in total. The fourth-order valence-corrected chi connectivity index (χ4v) is 1.79. The average molecular weight is 218 g/mol. The third-order valence-electron chi connectivity index (χ3n) is 1.37. The lowest BCUT2D eigenvalue weighted by Gasteiger charge is -2.13. The molecule has 0 aromatic carbocycles. The summed E-state index contributed by atoms with van der Waals surface area (Å²) in [7, 11) is 0. The zero-order valence-corrected chi connectivity index (χ0v) is 8.82. The molecular formula is C8H12BrNO. The highest BCUT2D eigenvalue weighted by atomic mass is 79.9. The molecule has 0 spiro atoms. The summed E-state index contributed by atoms with van der Waals surface area (Å²) in [5.74, 6) is 1.62. The van der Waals surface area contributed by atoms with Crippen molar-refractivity contribution in [3.8, 4) is 0 Å². The molecular weight excluding hydrogens is 206 g/mol. The van der Waals surface area contributed by atoms with Crippen molar-refractivity contribution < 1.29 is 4.42 Å². The van der Waals surface area contributed by atoms with E-state index in [0.29, 0.717) is 5.89 Å². The van der Waals surface area contributed by atoms with Crippen molar-refractivity contribution in [2.24, 2.45) is 0 Å². The summed E-state index contributed by atoms with van der Waals surface area (Å²) in [6, 6.07) is 0. The summed E-state index contributed by atoms with van der Waals surface area (Å²) in [6.45, 7) is 8.13. The van der Waals surface area contributed by atoms with Gasteiger partial charge in [0.1, 0.15) is 10.4 Å². The summed E-state index contributed by atoms with van der Waals surface area (Å²) < 4.78 is 6.24. The van der Waals surface area contributed by atoms with Crippen LogP contribution in [-0.2, 0) is 5.41 Å². The Morgan fingerprint density at radius 1 is 1.36 bits per heavy atom. The van der Waals surface area contributed by atoms with Gasteiger partial charge in [0, 0.05) is 12.3 Å². The number of aryl methyl sites for hydroxylation is 1. The van der Waals surface area contributed by atoms with Gasteiger partial charge in [0.25, 0.3) is 0 Å². The molecule has 0 radical (unpaired) electrons. The molecule has 0 fully saturated rings. The molecule has 1 aromatic rings. The summed E-state index contributed by atoms with van der Waals surface area (Å²) in [5.41, 5.74) is 0.0279. The van der Waals surface area contributed by atoms with Gasteiger partial charge in [-0.1, -0.05) is 20.8 Å². The van der Waals surface area contributed by atoms with Gasteiger partial charge in [0.05, 0.1) is 0 Å². The molecule has 1 aromatic heterocycles. The Morgan fingerprint density at radius 3 is 2.09 bits per heavy atom. The average Bonchev–Trinajstić information content (AvgIpc) is 2.08. The van der Waals surface area contributed by atoms with Crippen LogP contribution in [-0.4, -0.2) is 4.98 Å². The largest absolute Gasteiger partial charge is 0.444 e. The van der Waals surface area contributed by atoms with Crippen LogP contribution in [0.4, 0.5) is 0 Å². The quantitative estimate of drug-likeness (QED) is 0.668. The Morgan fingerprint density at radius 2 is 1.91 bits per heavy atom. The Labute approximate surface area is 75.1 Å². The van der Waals surface area contributed by atoms with E-state index in [1.807, 2.05) is 6.92 Å². The van der Waals surface area contributed by atoms with Crippen molar-refractivity contribution in [2.45, 2.75) is 33.1 Å². The summed E-state index contributed by atoms with van der Waals surface area (Å²) in [6.07, 6.45) is 0. The third-order valence-corrected chi connectivity index (χ3v) is 1.91. The molecule has 0 aliphatic carbocycles. The highest BCUT2D eigenvalue weighted by Gasteiger charge is 2.22. The molecule has 0 bridgehead atoms. The molecule has 1 rings (SSSR count). The molecule has 0 unspecified atom stereocenters. The number of nitrogens with zero attached hydrogens (tertiary/aromatic N) is 1. The normalized spacial score (nSPS) is 12.1. The van der Waals surface area contributed by atoms with Crippen molar-refractivity contribution in [3.63, 3.8) is 0 Å². The monoisotopic (exact) mass is 217 g/mol. The van der Waals surface area contributed by atoms with Crippen LogP contribution in [0.5, 0.6) is 0 Å². The zero-order chi connectivity index (χ0) is 8.65. The Kier molecular flexibility index (Phi) is 2.10. The first-order chi connectivity index (χ1) is 4.91. The van der Waals surface area contributed by atoms with Crippen LogP contribution in [0.2, 0.25) is 0 Å². The molecule has 62 valence electrons. The second-order valence-corrected chi connectivity index (χ2v) is 4.35. The highest BCUT2D eigenvalue weighted by Crippen LogP contribution is 2.29. The number of aromatic nitrogens is 1. The van der Waals surface area contributed by atoms with Crippen LogP contribution in [0, 0.1) is 6.92 Å². The second-order valence-electron chi connectivity index (χ2n) is 3.60. The highest BCUT2D eigenvalue weighted by molar-refractivity contribution is 9.10. The summed E-state index contributed by atoms with van der Waals surface area (Å²) >= 11 is 3.35. The standard InChI is InChI=1S/C8H12BrNO/c1-5-10-7(9)6(11-5)8(2,3)4/h1-4H3. The minimum Gasteiger partial charge on any atom is -0.444 e. The predicted octanol–water partition coefficient (Wildman–Crippen LogP) is 3.04. The van der Waals surface area contributed by atoms with Crippen LogP contribution in [0.25, 0.3) is 0 Å². The third kappa shape index (κ3) is 1.83. The van der Waals surface area contributed by atoms with Crippen molar-refractivity contribution >= 4 is 15.9 Å². The van der Waals surface area contributed by atoms with Crippen molar-refractivity contribution in [2.75, 3.05) is 0 Å². The van der Waals surface area contributed by atoms with E-state index in [9.17, 15) is 0 Å². The van der Waals surface area contributed by atoms with E-state index >= 15 is 0 Å². The van der Waals surface area contributed by atoms with Gasteiger partial charge in [-0.25, -0.2) is 4.98 Å². The van der Waals surface area contributed by atoms with Gasteiger partial charge in [-0.05, 0) is 15.9 Å². The smallest absolute Gasteiger partial charge is 0.192 e. The molecule has 0 N–H and O–H groups in total. The predicted molar refractivity (Wildman–Crippen MR) is 47.6 cm³/mol. The van der Waals surface area contributed by atoms with Crippen LogP contribution >= 0.6 is 15.9 Å². The van der Waals surface area contributed by atoms with E-state index in [2.05, 4.69) is 41.7 Å². The topological polar surface area (TPSA) is 26.0 Å². The lowest BCUT2D eigenvalue weighted by molar-refractivity contribution is 0.390. The summed E-state index contributed by atoms with van der Waals surface area (Å²) in [4.78, 5) is 4.13. The minimum atomic E-state index is 0.0279. The van der Waals surface area contributed by atoms with Crippen molar-refractivity contribution in [1.29, 1.82) is 0 Å².